The predicted octanol–water partition coefficient (Wildman–Crippen LogP) is 0.220. The van der Waals surface area contributed by atoms with Gasteiger partial charge in [-0.3, -0.25) is 4.79 Å². The molecule has 1 aliphatic rings. The first kappa shape index (κ1) is 5.54. The van der Waals surface area contributed by atoms with Gasteiger partial charge in [-0.2, -0.15) is 0 Å². The zero-order valence-electron chi connectivity index (χ0n) is 4.65. The van der Waals surface area contributed by atoms with Crippen molar-refractivity contribution >= 4 is 5.91 Å². The molecule has 0 aromatic carbocycles. The standard InChI is InChI=1S/C5H8FNO/c1-5(4(7)8)2-3(5)6/h3H,2H2,1H3,(H2,7,8). The summed E-state index contributed by atoms with van der Waals surface area (Å²) in [6, 6.07) is 0. The van der Waals surface area contributed by atoms with Crippen molar-refractivity contribution in [3.05, 3.63) is 0 Å². The first-order chi connectivity index (χ1) is 3.57. The molecule has 0 spiro atoms. The van der Waals surface area contributed by atoms with Gasteiger partial charge in [0.05, 0.1) is 5.41 Å². The molecule has 1 amide bonds. The second-order valence-electron chi connectivity index (χ2n) is 2.45. The molecule has 8 heavy (non-hydrogen) atoms. The third-order valence-corrected chi connectivity index (χ3v) is 1.70. The Hall–Kier alpha value is -0.600. The summed E-state index contributed by atoms with van der Waals surface area (Å²) >= 11 is 0. The van der Waals surface area contributed by atoms with Crippen LogP contribution >= 0.6 is 0 Å². The molecule has 0 aromatic rings. The average Bonchev–Trinajstić information content (AvgIpc) is 2.17. The summed E-state index contributed by atoms with van der Waals surface area (Å²) in [4.78, 5) is 10.3. The van der Waals surface area contributed by atoms with E-state index in [1.54, 1.807) is 6.92 Å². The highest BCUT2D eigenvalue weighted by Gasteiger charge is 2.56. The Balaban J connectivity index is 2.60. The third-order valence-electron chi connectivity index (χ3n) is 1.70. The zero-order valence-corrected chi connectivity index (χ0v) is 4.65. The smallest absolute Gasteiger partial charge is 0.226 e. The van der Waals surface area contributed by atoms with Crippen molar-refractivity contribution in [2.45, 2.75) is 19.5 Å². The first-order valence-corrected chi connectivity index (χ1v) is 2.51. The average molecular weight is 117 g/mol. The van der Waals surface area contributed by atoms with Crippen LogP contribution in [0.2, 0.25) is 0 Å². The summed E-state index contributed by atoms with van der Waals surface area (Å²) in [6.07, 6.45) is -0.678. The van der Waals surface area contributed by atoms with Gasteiger partial charge in [-0.15, -0.1) is 0 Å². The fraction of sp³-hybridized carbons (Fsp3) is 0.800. The second kappa shape index (κ2) is 1.21. The van der Waals surface area contributed by atoms with Gasteiger partial charge >= 0.3 is 0 Å². The number of nitrogens with two attached hydrogens (primary N) is 1. The number of halogens is 1. The maximum absolute atomic E-state index is 12.1. The van der Waals surface area contributed by atoms with E-state index >= 15 is 0 Å². The SMILES string of the molecule is CC1(C(N)=O)CC1F. The third kappa shape index (κ3) is 0.504. The summed E-state index contributed by atoms with van der Waals surface area (Å²) in [6.45, 7) is 1.54. The Kier molecular flexibility index (Phi) is 0.840. The minimum atomic E-state index is -0.986. The highest BCUT2D eigenvalue weighted by atomic mass is 19.1. The van der Waals surface area contributed by atoms with Gasteiger partial charge in [0.1, 0.15) is 6.17 Å². The highest BCUT2D eigenvalue weighted by Crippen LogP contribution is 2.47. The molecule has 2 nitrogen and oxygen atoms in total. The van der Waals surface area contributed by atoms with Gasteiger partial charge in [0.15, 0.2) is 0 Å². The molecule has 0 saturated heterocycles. The summed E-state index contributed by atoms with van der Waals surface area (Å²) < 4.78 is 12.1. The maximum atomic E-state index is 12.1. The normalized spacial score (nSPS) is 44.0. The van der Waals surface area contributed by atoms with Crippen molar-refractivity contribution in [2.75, 3.05) is 0 Å². The largest absolute Gasteiger partial charge is 0.369 e. The molecule has 46 valence electrons. The van der Waals surface area contributed by atoms with Crippen LogP contribution in [-0.4, -0.2) is 12.1 Å². The van der Waals surface area contributed by atoms with Gasteiger partial charge in [0, 0.05) is 0 Å². The number of carbonyl (C=O) groups is 1. The van der Waals surface area contributed by atoms with Crippen LogP contribution in [0.3, 0.4) is 0 Å². The van der Waals surface area contributed by atoms with Crippen LogP contribution in [0.15, 0.2) is 0 Å². The van der Waals surface area contributed by atoms with Gasteiger partial charge in [-0.1, -0.05) is 0 Å². The van der Waals surface area contributed by atoms with Crippen LogP contribution in [0.25, 0.3) is 0 Å². The van der Waals surface area contributed by atoms with Crippen molar-refractivity contribution in [1.29, 1.82) is 0 Å². The van der Waals surface area contributed by atoms with E-state index in [1.807, 2.05) is 0 Å². The molecule has 0 radical (unpaired) electrons. The van der Waals surface area contributed by atoms with Crippen molar-refractivity contribution in [1.82, 2.24) is 0 Å². The van der Waals surface area contributed by atoms with Crippen LogP contribution in [0.4, 0.5) is 4.39 Å². The van der Waals surface area contributed by atoms with Crippen LogP contribution in [0, 0.1) is 5.41 Å². The lowest BCUT2D eigenvalue weighted by atomic mass is 10.1. The zero-order chi connectivity index (χ0) is 6.36. The molecule has 1 saturated carbocycles. The Bertz CT molecular complexity index is 136. The van der Waals surface area contributed by atoms with E-state index in [0.717, 1.165) is 0 Å². The molecule has 2 N–H and O–H groups in total. The Morgan fingerprint density at radius 2 is 2.38 bits per heavy atom. The molecular weight excluding hydrogens is 109 g/mol. The van der Waals surface area contributed by atoms with E-state index in [4.69, 9.17) is 5.73 Å². The minimum absolute atomic E-state index is 0.308. The fourth-order valence-corrected chi connectivity index (χ4v) is 0.568. The molecule has 0 heterocycles. The number of alkyl halides is 1. The Morgan fingerprint density at radius 3 is 2.38 bits per heavy atom. The molecule has 1 aliphatic carbocycles. The van der Waals surface area contributed by atoms with Gasteiger partial charge in [-0.05, 0) is 13.3 Å². The fourth-order valence-electron chi connectivity index (χ4n) is 0.568. The van der Waals surface area contributed by atoms with Gasteiger partial charge in [0.25, 0.3) is 0 Å². The lowest BCUT2D eigenvalue weighted by molar-refractivity contribution is -0.123. The van der Waals surface area contributed by atoms with Crippen LogP contribution < -0.4 is 5.73 Å². The molecule has 1 fully saturated rings. The first-order valence-electron chi connectivity index (χ1n) is 2.51. The molecule has 0 aromatic heterocycles. The number of primary amides is 1. The predicted molar refractivity (Wildman–Crippen MR) is 26.8 cm³/mol. The molecule has 3 heteroatoms. The second-order valence-corrected chi connectivity index (χ2v) is 2.45. The maximum Gasteiger partial charge on any atom is 0.226 e. The summed E-state index contributed by atoms with van der Waals surface area (Å²) in [7, 11) is 0. The van der Waals surface area contributed by atoms with E-state index in [2.05, 4.69) is 0 Å². The van der Waals surface area contributed by atoms with Crippen molar-refractivity contribution in [3.8, 4) is 0 Å². The van der Waals surface area contributed by atoms with Gasteiger partial charge in [0.2, 0.25) is 5.91 Å². The molecule has 1 rings (SSSR count). The Morgan fingerprint density at radius 1 is 2.00 bits per heavy atom. The summed E-state index contributed by atoms with van der Waals surface area (Å²) in [5.41, 5.74) is 4.02. The topological polar surface area (TPSA) is 43.1 Å². The van der Waals surface area contributed by atoms with Gasteiger partial charge < -0.3 is 5.73 Å². The Labute approximate surface area is 46.9 Å². The number of hydrogen-bond acceptors (Lipinski definition) is 1. The number of rotatable bonds is 1. The summed E-state index contributed by atoms with van der Waals surface area (Å²) in [5, 5.41) is 0. The quantitative estimate of drug-likeness (QED) is 0.524. The van der Waals surface area contributed by atoms with E-state index in [9.17, 15) is 9.18 Å². The van der Waals surface area contributed by atoms with Crippen molar-refractivity contribution < 1.29 is 9.18 Å². The van der Waals surface area contributed by atoms with E-state index < -0.39 is 17.5 Å². The number of amides is 1. The molecule has 2 unspecified atom stereocenters. The van der Waals surface area contributed by atoms with Crippen molar-refractivity contribution in [3.63, 3.8) is 0 Å². The number of hydrogen-bond donors (Lipinski definition) is 1. The minimum Gasteiger partial charge on any atom is -0.369 e. The van der Waals surface area contributed by atoms with E-state index in [-0.39, 0.29) is 0 Å². The molecule has 0 bridgehead atoms. The van der Waals surface area contributed by atoms with E-state index in [1.165, 1.54) is 0 Å². The van der Waals surface area contributed by atoms with Crippen LogP contribution in [0.1, 0.15) is 13.3 Å². The molecular formula is C5H8FNO. The molecule has 0 aliphatic heterocycles. The van der Waals surface area contributed by atoms with Gasteiger partial charge in [-0.25, -0.2) is 4.39 Å². The van der Waals surface area contributed by atoms with Crippen LogP contribution in [-0.2, 0) is 4.79 Å². The monoisotopic (exact) mass is 117 g/mol. The number of carbonyl (C=O) groups excluding carboxylic acids is 1. The van der Waals surface area contributed by atoms with Crippen LogP contribution in [0.5, 0.6) is 0 Å². The van der Waals surface area contributed by atoms with Crippen molar-refractivity contribution in [2.24, 2.45) is 11.1 Å². The van der Waals surface area contributed by atoms with E-state index in [0.29, 0.717) is 6.42 Å². The lowest BCUT2D eigenvalue weighted by Crippen LogP contribution is -2.23. The lowest BCUT2D eigenvalue weighted by Gasteiger charge is -1.97. The molecule has 2 atom stereocenters. The highest BCUT2D eigenvalue weighted by molar-refractivity contribution is 5.84. The summed E-state index contributed by atoms with van der Waals surface area (Å²) in [5.74, 6) is -0.523.